The summed E-state index contributed by atoms with van der Waals surface area (Å²) in [4.78, 5) is 32.5. The third kappa shape index (κ3) is 8.28. The van der Waals surface area contributed by atoms with Crippen LogP contribution < -0.4 is 0 Å². The summed E-state index contributed by atoms with van der Waals surface area (Å²) in [7, 11) is 1.53. The van der Waals surface area contributed by atoms with Gasteiger partial charge in [-0.1, -0.05) is 0 Å². The highest BCUT2D eigenvalue weighted by Crippen LogP contribution is 1.97. The van der Waals surface area contributed by atoms with Gasteiger partial charge in [-0.15, -0.1) is 0 Å². The number of hydrogen-bond donors (Lipinski definition) is 1. The summed E-state index contributed by atoms with van der Waals surface area (Å²) < 4.78 is 14.2. The molecule has 0 aromatic rings. The number of ether oxygens (including phenoxy) is 3. The molecule has 0 aliphatic heterocycles. The average molecular weight is 260 g/mol. The lowest BCUT2D eigenvalue weighted by atomic mass is 10.4. The van der Waals surface area contributed by atoms with Gasteiger partial charge in [0.05, 0.1) is 6.61 Å². The fraction of sp³-hybridized carbons (Fsp3) is 0.545. The van der Waals surface area contributed by atoms with Crippen molar-refractivity contribution >= 4 is 17.9 Å². The second-order valence-electron chi connectivity index (χ2n) is 3.26. The third-order valence-corrected chi connectivity index (χ3v) is 1.72. The first-order chi connectivity index (χ1) is 8.47. The largest absolute Gasteiger partial charge is 0.478 e. The summed E-state index contributed by atoms with van der Waals surface area (Å²) in [5.74, 6) is -2.89. The van der Waals surface area contributed by atoms with Crippen LogP contribution >= 0.6 is 0 Å². The van der Waals surface area contributed by atoms with Gasteiger partial charge in [-0.3, -0.25) is 0 Å². The van der Waals surface area contributed by atoms with Gasteiger partial charge in [0.1, 0.15) is 0 Å². The molecule has 102 valence electrons. The smallest absolute Gasteiger partial charge is 0.347 e. The van der Waals surface area contributed by atoms with E-state index in [1.54, 1.807) is 0 Å². The molecule has 0 aromatic carbocycles. The lowest BCUT2D eigenvalue weighted by Crippen LogP contribution is -2.26. The quantitative estimate of drug-likeness (QED) is 0.376. The summed E-state index contributed by atoms with van der Waals surface area (Å²) in [6, 6.07) is 0. The van der Waals surface area contributed by atoms with Crippen LogP contribution in [0.5, 0.6) is 0 Å². The lowest BCUT2D eigenvalue weighted by Gasteiger charge is -2.11. The Bertz CT molecular complexity index is 321. The summed E-state index contributed by atoms with van der Waals surface area (Å²) in [6.45, 7) is 1.97. The third-order valence-electron chi connectivity index (χ3n) is 1.72. The van der Waals surface area contributed by atoms with E-state index in [2.05, 4.69) is 4.74 Å². The Morgan fingerprint density at radius 2 is 1.89 bits per heavy atom. The number of carbonyl (C=O) groups is 3. The van der Waals surface area contributed by atoms with Crippen molar-refractivity contribution in [3.8, 4) is 0 Å². The maximum atomic E-state index is 11.3. The molecular weight excluding hydrogens is 244 g/mol. The van der Waals surface area contributed by atoms with Gasteiger partial charge in [0, 0.05) is 32.3 Å². The molecule has 0 spiro atoms. The molecule has 0 rings (SSSR count). The van der Waals surface area contributed by atoms with Crippen molar-refractivity contribution < 1.29 is 33.7 Å². The van der Waals surface area contributed by atoms with Gasteiger partial charge in [-0.05, 0) is 6.92 Å². The maximum Gasteiger partial charge on any atom is 0.347 e. The molecule has 0 saturated heterocycles. The van der Waals surface area contributed by atoms with Crippen LogP contribution in [0, 0.1) is 0 Å². The van der Waals surface area contributed by atoms with Crippen molar-refractivity contribution in [2.45, 2.75) is 19.4 Å². The Morgan fingerprint density at radius 1 is 1.22 bits per heavy atom. The minimum absolute atomic E-state index is 0.166. The molecular formula is C11H16O7. The van der Waals surface area contributed by atoms with Crippen molar-refractivity contribution in [3.63, 3.8) is 0 Å². The number of carbonyl (C=O) groups excluding carboxylic acids is 2. The van der Waals surface area contributed by atoms with E-state index in [9.17, 15) is 14.4 Å². The van der Waals surface area contributed by atoms with Crippen LogP contribution in [0.3, 0.4) is 0 Å². The molecule has 0 aliphatic rings. The van der Waals surface area contributed by atoms with E-state index >= 15 is 0 Å². The van der Waals surface area contributed by atoms with Crippen LogP contribution in [0.1, 0.15) is 13.3 Å². The minimum atomic E-state index is -1.28. The topological polar surface area (TPSA) is 99.1 Å². The molecule has 0 radical (unpaired) electrons. The second-order valence-corrected chi connectivity index (χ2v) is 3.26. The van der Waals surface area contributed by atoms with Crippen molar-refractivity contribution in [1.82, 2.24) is 0 Å². The molecule has 1 N–H and O–H groups in total. The van der Waals surface area contributed by atoms with E-state index in [1.807, 2.05) is 0 Å². The van der Waals surface area contributed by atoms with Gasteiger partial charge in [0.25, 0.3) is 0 Å². The highest BCUT2D eigenvalue weighted by molar-refractivity contribution is 5.91. The van der Waals surface area contributed by atoms with Gasteiger partial charge >= 0.3 is 17.9 Å². The predicted octanol–water partition coefficient (Wildman–Crippen LogP) is 0.139. The number of methoxy groups -OCH3 is 1. The zero-order valence-electron chi connectivity index (χ0n) is 10.3. The summed E-state index contributed by atoms with van der Waals surface area (Å²) >= 11 is 0. The van der Waals surface area contributed by atoms with Crippen molar-refractivity contribution in [2.75, 3.05) is 20.3 Å². The SMILES string of the molecule is COCCCOC(=O)C(C)OC(=O)/C=C/C(=O)O. The monoisotopic (exact) mass is 260 g/mol. The van der Waals surface area contributed by atoms with Gasteiger partial charge in [0.15, 0.2) is 6.10 Å². The Labute approximate surface area is 104 Å². The minimum Gasteiger partial charge on any atom is -0.478 e. The molecule has 1 atom stereocenters. The lowest BCUT2D eigenvalue weighted by molar-refractivity contribution is -0.164. The van der Waals surface area contributed by atoms with E-state index < -0.39 is 24.0 Å². The van der Waals surface area contributed by atoms with Crippen LogP contribution in [0.15, 0.2) is 12.2 Å². The first kappa shape index (κ1) is 16.1. The second kappa shape index (κ2) is 9.17. The maximum absolute atomic E-state index is 11.3. The number of carboxylic acids is 1. The summed E-state index contributed by atoms with van der Waals surface area (Å²) in [5, 5.41) is 8.27. The Hall–Kier alpha value is -1.89. The fourth-order valence-electron chi connectivity index (χ4n) is 0.894. The predicted molar refractivity (Wildman–Crippen MR) is 59.8 cm³/mol. The normalized spacial score (nSPS) is 12.1. The molecule has 0 saturated carbocycles. The zero-order chi connectivity index (χ0) is 14.0. The molecule has 7 nitrogen and oxygen atoms in total. The van der Waals surface area contributed by atoms with E-state index in [0.717, 1.165) is 6.08 Å². The first-order valence-electron chi connectivity index (χ1n) is 5.24. The number of esters is 2. The standard InChI is InChI=1S/C11H16O7/c1-8(11(15)17-7-3-6-16-2)18-10(14)5-4-9(12)13/h4-5,8H,3,6-7H2,1-2H3,(H,12,13)/b5-4+. The zero-order valence-corrected chi connectivity index (χ0v) is 10.3. The number of aliphatic carboxylic acids is 1. The number of hydrogen-bond acceptors (Lipinski definition) is 6. The van der Waals surface area contributed by atoms with Gasteiger partial charge in [-0.25, -0.2) is 14.4 Å². The van der Waals surface area contributed by atoms with E-state index in [0.29, 0.717) is 19.1 Å². The summed E-state index contributed by atoms with van der Waals surface area (Å²) in [5.41, 5.74) is 0. The molecule has 7 heteroatoms. The molecule has 0 amide bonds. The van der Waals surface area contributed by atoms with Crippen molar-refractivity contribution in [1.29, 1.82) is 0 Å². The Kier molecular flexibility index (Phi) is 8.21. The van der Waals surface area contributed by atoms with Crippen LogP contribution in [0.4, 0.5) is 0 Å². The molecule has 1 unspecified atom stereocenters. The van der Waals surface area contributed by atoms with E-state index in [4.69, 9.17) is 14.6 Å². The van der Waals surface area contributed by atoms with E-state index in [1.165, 1.54) is 14.0 Å². The molecule has 0 aliphatic carbocycles. The van der Waals surface area contributed by atoms with Gasteiger partial charge < -0.3 is 19.3 Å². The molecule has 0 fully saturated rings. The number of carboxylic acid groups (broad SMARTS) is 1. The highest BCUT2D eigenvalue weighted by atomic mass is 16.6. The molecule has 0 heterocycles. The van der Waals surface area contributed by atoms with Crippen LogP contribution in [-0.2, 0) is 28.6 Å². The molecule has 18 heavy (non-hydrogen) atoms. The molecule has 0 aromatic heterocycles. The van der Waals surface area contributed by atoms with Gasteiger partial charge in [0.2, 0.25) is 0 Å². The van der Waals surface area contributed by atoms with E-state index in [-0.39, 0.29) is 6.61 Å². The Balaban J connectivity index is 3.93. The molecule has 0 bridgehead atoms. The van der Waals surface area contributed by atoms with Crippen LogP contribution in [-0.4, -0.2) is 49.4 Å². The fourth-order valence-corrected chi connectivity index (χ4v) is 0.894. The van der Waals surface area contributed by atoms with Crippen LogP contribution in [0.2, 0.25) is 0 Å². The summed E-state index contributed by atoms with van der Waals surface area (Å²) in [6.07, 6.45) is 0.802. The first-order valence-corrected chi connectivity index (χ1v) is 5.24. The van der Waals surface area contributed by atoms with Crippen molar-refractivity contribution in [2.24, 2.45) is 0 Å². The van der Waals surface area contributed by atoms with Gasteiger partial charge in [-0.2, -0.15) is 0 Å². The average Bonchev–Trinajstić information content (AvgIpc) is 2.31. The van der Waals surface area contributed by atoms with Crippen LogP contribution in [0.25, 0.3) is 0 Å². The number of rotatable bonds is 8. The Morgan fingerprint density at radius 3 is 2.44 bits per heavy atom. The van der Waals surface area contributed by atoms with Crippen molar-refractivity contribution in [3.05, 3.63) is 12.2 Å². The highest BCUT2D eigenvalue weighted by Gasteiger charge is 2.17.